The zero-order valence-electron chi connectivity index (χ0n) is 10.9. The third-order valence-electron chi connectivity index (χ3n) is 2.48. The predicted molar refractivity (Wildman–Crippen MR) is 84.3 cm³/mol. The summed E-state index contributed by atoms with van der Waals surface area (Å²) in [6, 6.07) is 13.4. The average Bonchev–Trinajstić information content (AvgIpc) is 2.49. The van der Waals surface area contributed by atoms with Gasteiger partial charge in [-0.25, -0.2) is 9.82 Å². The number of amides is 1. The van der Waals surface area contributed by atoms with Crippen LogP contribution in [0.1, 0.15) is 5.56 Å². The van der Waals surface area contributed by atoms with Crippen molar-refractivity contribution in [2.75, 3.05) is 5.75 Å². The molecule has 0 aromatic heterocycles. The van der Waals surface area contributed by atoms with E-state index in [9.17, 15) is 9.18 Å². The first kappa shape index (κ1) is 15.5. The molecule has 2 rings (SSSR count). The molecule has 21 heavy (non-hydrogen) atoms. The monoisotopic (exact) mass is 322 g/mol. The molecule has 2 aromatic rings. The highest BCUT2D eigenvalue weighted by Crippen LogP contribution is 2.19. The Kier molecular flexibility index (Phi) is 5.78. The molecule has 0 unspecified atom stereocenters. The summed E-state index contributed by atoms with van der Waals surface area (Å²) in [5, 5.41) is 4.38. The Morgan fingerprint density at radius 1 is 1.24 bits per heavy atom. The number of halogens is 2. The quantitative estimate of drug-likeness (QED) is 0.518. The number of nitrogens with one attached hydrogen (secondary N) is 1. The van der Waals surface area contributed by atoms with Gasteiger partial charge in [-0.2, -0.15) is 5.10 Å². The minimum atomic E-state index is -0.383. The van der Waals surface area contributed by atoms with E-state index in [1.807, 2.05) is 12.1 Å². The Labute approximate surface area is 131 Å². The van der Waals surface area contributed by atoms with Crippen LogP contribution in [0.2, 0.25) is 5.02 Å². The van der Waals surface area contributed by atoms with Crippen LogP contribution in [0.5, 0.6) is 0 Å². The Hall–Kier alpha value is -1.85. The lowest BCUT2D eigenvalue weighted by Gasteiger charge is -2.01. The molecule has 0 saturated carbocycles. The summed E-state index contributed by atoms with van der Waals surface area (Å²) in [5.74, 6) is -0.426. The average molecular weight is 323 g/mol. The van der Waals surface area contributed by atoms with E-state index >= 15 is 0 Å². The Morgan fingerprint density at radius 3 is 2.67 bits per heavy atom. The molecule has 1 amide bonds. The van der Waals surface area contributed by atoms with E-state index in [-0.39, 0.29) is 17.5 Å². The zero-order chi connectivity index (χ0) is 15.1. The SMILES string of the molecule is O=C(CSc1ccc(Cl)cc1)N/N=C\c1ccccc1F. The highest BCUT2D eigenvalue weighted by Gasteiger charge is 2.02. The second kappa shape index (κ2) is 7.81. The maximum Gasteiger partial charge on any atom is 0.250 e. The van der Waals surface area contributed by atoms with E-state index in [1.54, 1.807) is 30.3 Å². The van der Waals surface area contributed by atoms with Crippen LogP contribution < -0.4 is 5.43 Å². The van der Waals surface area contributed by atoms with Gasteiger partial charge in [-0.05, 0) is 30.3 Å². The summed E-state index contributed by atoms with van der Waals surface area (Å²) < 4.78 is 13.3. The van der Waals surface area contributed by atoms with Crippen LogP contribution in [0.25, 0.3) is 0 Å². The number of carbonyl (C=O) groups excluding carboxylic acids is 1. The third-order valence-corrected chi connectivity index (χ3v) is 3.75. The fourth-order valence-corrected chi connectivity index (χ4v) is 2.28. The molecule has 0 atom stereocenters. The Morgan fingerprint density at radius 2 is 1.95 bits per heavy atom. The molecule has 0 aliphatic carbocycles. The fourth-order valence-electron chi connectivity index (χ4n) is 1.47. The summed E-state index contributed by atoms with van der Waals surface area (Å²) >= 11 is 7.14. The number of benzene rings is 2. The second-order valence-electron chi connectivity index (χ2n) is 4.06. The van der Waals surface area contributed by atoms with Gasteiger partial charge in [0.25, 0.3) is 0 Å². The van der Waals surface area contributed by atoms with Gasteiger partial charge in [0.15, 0.2) is 0 Å². The molecule has 0 saturated heterocycles. The van der Waals surface area contributed by atoms with Gasteiger partial charge in [0.2, 0.25) is 5.91 Å². The Bertz CT molecular complexity index is 646. The number of carbonyl (C=O) groups is 1. The zero-order valence-corrected chi connectivity index (χ0v) is 12.5. The van der Waals surface area contributed by atoms with Crippen molar-refractivity contribution in [3.05, 3.63) is 64.9 Å². The predicted octanol–water partition coefficient (Wildman–Crippen LogP) is 3.72. The van der Waals surface area contributed by atoms with Gasteiger partial charge < -0.3 is 0 Å². The molecule has 108 valence electrons. The summed E-state index contributed by atoms with van der Waals surface area (Å²) in [6.07, 6.45) is 1.28. The van der Waals surface area contributed by atoms with E-state index in [4.69, 9.17) is 11.6 Å². The molecule has 0 radical (unpaired) electrons. The van der Waals surface area contributed by atoms with Crippen molar-refractivity contribution in [3.63, 3.8) is 0 Å². The highest BCUT2D eigenvalue weighted by atomic mass is 35.5. The van der Waals surface area contributed by atoms with Crippen molar-refractivity contribution >= 4 is 35.5 Å². The lowest BCUT2D eigenvalue weighted by atomic mass is 10.2. The van der Waals surface area contributed by atoms with Crippen molar-refractivity contribution in [3.8, 4) is 0 Å². The van der Waals surface area contributed by atoms with Crippen LogP contribution in [-0.4, -0.2) is 17.9 Å². The van der Waals surface area contributed by atoms with Crippen molar-refractivity contribution in [2.45, 2.75) is 4.90 Å². The number of thioether (sulfide) groups is 1. The number of hydrazone groups is 1. The van der Waals surface area contributed by atoms with E-state index < -0.39 is 0 Å². The lowest BCUT2D eigenvalue weighted by Crippen LogP contribution is -2.19. The molecule has 0 heterocycles. The van der Waals surface area contributed by atoms with Crippen LogP contribution in [0.4, 0.5) is 4.39 Å². The fraction of sp³-hybridized carbons (Fsp3) is 0.0667. The van der Waals surface area contributed by atoms with E-state index in [1.165, 1.54) is 24.0 Å². The minimum Gasteiger partial charge on any atom is -0.272 e. The topological polar surface area (TPSA) is 41.5 Å². The molecule has 0 aliphatic heterocycles. The molecular weight excluding hydrogens is 311 g/mol. The summed E-state index contributed by atoms with van der Waals surface area (Å²) in [4.78, 5) is 12.5. The maximum atomic E-state index is 13.3. The van der Waals surface area contributed by atoms with Gasteiger partial charge >= 0.3 is 0 Å². The number of hydrogen-bond acceptors (Lipinski definition) is 3. The van der Waals surface area contributed by atoms with Crippen LogP contribution in [0.3, 0.4) is 0 Å². The molecule has 0 aliphatic rings. The molecule has 1 N–H and O–H groups in total. The van der Waals surface area contributed by atoms with E-state index in [2.05, 4.69) is 10.5 Å². The summed E-state index contributed by atoms with van der Waals surface area (Å²) in [6.45, 7) is 0. The van der Waals surface area contributed by atoms with E-state index in [0.29, 0.717) is 10.6 Å². The summed E-state index contributed by atoms with van der Waals surface area (Å²) in [5.41, 5.74) is 2.68. The largest absolute Gasteiger partial charge is 0.272 e. The number of nitrogens with zero attached hydrogens (tertiary/aromatic N) is 1. The van der Waals surface area contributed by atoms with E-state index in [0.717, 1.165) is 4.90 Å². The smallest absolute Gasteiger partial charge is 0.250 e. The molecule has 2 aromatic carbocycles. The first-order valence-electron chi connectivity index (χ1n) is 6.10. The first-order valence-corrected chi connectivity index (χ1v) is 7.46. The molecule has 0 fully saturated rings. The Balaban J connectivity index is 1.80. The van der Waals surface area contributed by atoms with Crippen LogP contribution in [0, 0.1) is 5.82 Å². The van der Waals surface area contributed by atoms with Gasteiger partial charge in [0.05, 0.1) is 12.0 Å². The van der Waals surface area contributed by atoms with Gasteiger partial charge in [0, 0.05) is 15.5 Å². The van der Waals surface area contributed by atoms with Crippen molar-refractivity contribution in [2.24, 2.45) is 5.10 Å². The molecular formula is C15H12ClFN2OS. The van der Waals surface area contributed by atoms with Gasteiger partial charge in [0.1, 0.15) is 5.82 Å². The van der Waals surface area contributed by atoms with Crippen LogP contribution in [-0.2, 0) is 4.79 Å². The maximum absolute atomic E-state index is 13.3. The van der Waals surface area contributed by atoms with Crippen molar-refractivity contribution in [1.82, 2.24) is 5.43 Å². The standard InChI is InChI=1S/C15H12ClFN2OS/c16-12-5-7-13(8-6-12)21-10-15(20)19-18-9-11-3-1-2-4-14(11)17/h1-9H,10H2,(H,19,20)/b18-9-. The van der Waals surface area contributed by atoms with Gasteiger partial charge in [-0.15, -0.1) is 11.8 Å². The van der Waals surface area contributed by atoms with Gasteiger partial charge in [-0.1, -0.05) is 29.8 Å². The molecule has 6 heteroatoms. The lowest BCUT2D eigenvalue weighted by molar-refractivity contribution is -0.118. The highest BCUT2D eigenvalue weighted by molar-refractivity contribution is 8.00. The number of hydrogen-bond donors (Lipinski definition) is 1. The minimum absolute atomic E-state index is 0.218. The van der Waals surface area contributed by atoms with Crippen molar-refractivity contribution in [1.29, 1.82) is 0 Å². The van der Waals surface area contributed by atoms with Gasteiger partial charge in [-0.3, -0.25) is 4.79 Å². The molecule has 3 nitrogen and oxygen atoms in total. The summed E-state index contributed by atoms with van der Waals surface area (Å²) in [7, 11) is 0. The molecule has 0 spiro atoms. The third kappa shape index (κ3) is 5.21. The number of rotatable bonds is 5. The molecule has 0 bridgehead atoms. The second-order valence-corrected chi connectivity index (χ2v) is 5.54. The van der Waals surface area contributed by atoms with Crippen molar-refractivity contribution < 1.29 is 9.18 Å². The normalized spacial score (nSPS) is 10.8. The van der Waals surface area contributed by atoms with Crippen LogP contribution in [0.15, 0.2) is 58.5 Å². The van der Waals surface area contributed by atoms with Crippen LogP contribution >= 0.6 is 23.4 Å². The first-order chi connectivity index (χ1) is 10.1.